The van der Waals surface area contributed by atoms with Crippen molar-refractivity contribution in [1.29, 1.82) is 0 Å². The summed E-state index contributed by atoms with van der Waals surface area (Å²) in [7, 11) is 4.29. The lowest BCUT2D eigenvalue weighted by Crippen LogP contribution is -2.41. The van der Waals surface area contributed by atoms with Crippen LogP contribution in [0.15, 0.2) is 40.1 Å². The molecule has 0 N–H and O–H groups in total. The van der Waals surface area contributed by atoms with Crippen LogP contribution in [-0.4, -0.2) is 43.3 Å². The molecule has 0 unspecified atom stereocenters. The van der Waals surface area contributed by atoms with Crippen molar-refractivity contribution in [3.8, 4) is 11.4 Å². The molecule has 0 aliphatic rings. The van der Waals surface area contributed by atoms with Crippen molar-refractivity contribution in [3.63, 3.8) is 0 Å². The molecule has 0 spiro atoms. The highest BCUT2D eigenvalue weighted by Gasteiger charge is 2.22. The standard InChI is InChI=1S/C19H19N5O5/c1-11-9-22-15-16(21(2)19(27)23(17(15)26)10-14(25)29-4)20-18(22)24(11)12-6-5-7-13(8-12)28-3/h5-9H,10H2,1-4H3. The minimum atomic E-state index is -0.686. The minimum absolute atomic E-state index is 0.204. The van der Waals surface area contributed by atoms with Gasteiger partial charge in [-0.25, -0.2) is 9.36 Å². The number of ether oxygens (including phenoxy) is 2. The largest absolute Gasteiger partial charge is 0.497 e. The van der Waals surface area contributed by atoms with Crippen LogP contribution < -0.4 is 16.0 Å². The summed E-state index contributed by atoms with van der Waals surface area (Å²) in [4.78, 5) is 41.9. The fourth-order valence-corrected chi connectivity index (χ4v) is 3.41. The van der Waals surface area contributed by atoms with Crippen LogP contribution in [0.3, 0.4) is 0 Å². The van der Waals surface area contributed by atoms with Crippen molar-refractivity contribution < 1.29 is 14.3 Å². The predicted molar refractivity (Wildman–Crippen MR) is 105 cm³/mol. The second-order valence-electron chi connectivity index (χ2n) is 6.57. The van der Waals surface area contributed by atoms with E-state index in [1.165, 1.54) is 18.7 Å². The number of hydrogen-bond acceptors (Lipinski definition) is 6. The van der Waals surface area contributed by atoms with Gasteiger partial charge in [0.05, 0.1) is 19.9 Å². The highest BCUT2D eigenvalue weighted by atomic mass is 16.5. The average Bonchev–Trinajstić information content (AvgIpc) is 3.23. The number of carbonyl (C=O) groups excluding carboxylic acids is 1. The first-order chi connectivity index (χ1) is 13.9. The summed E-state index contributed by atoms with van der Waals surface area (Å²) in [5.74, 6) is 0.459. The number of esters is 1. The Hall–Kier alpha value is -3.82. The van der Waals surface area contributed by atoms with Gasteiger partial charge >= 0.3 is 11.7 Å². The molecule has 0 atom stereocenters. The van der Waals surface area contributed by atoms with Crippen LogP contribution >= 0.6 is 0 Å². The molecule has 3 heterocycles. The zero-order valence-corrected chi connectivity index (χ0v) is 16.4. The maximum absolute atomic E-state index is 13.0. The van der Waals surface area contributed by atoms with Gasteiger partial charge in [0.15, 0.2) is 11.2 Å². The number of aryl methyl sites for hydroxylation is 2. The first-order valence-corrected chi connectivity index (χ1v) is 8.78. The fraction of sp³-hybridized carbons (Fsp3) is 0.263. The van der Waals surface area contributed by atoms with E-state index >= 15 is 0 Å². The van der Waals surface area contributed by atoms with E-state index in [9.17, 15) is 14.4 Å². The van der Waals surface area contributed by atoms with E-state index in [0.29, 0.717) is 11.5 Å². The lowest BCUT2D eigenvalue weighted by Gasteiger charge is -2.08. The number of hydrogen-bond donors (Lipinski definition) is 0. The van der Waals surface area contributed by atoms with Crippen LogP contribution in [0.4, 0.5) is 0 Å². The maximum Gasteiger partial charge on any atom is 0.333 e. The van der Waals surface area contributed by atoms with Crippen LogP contribution in [-0.2, 0) is 23.1 Å². The quantitative estimate of drug-likeness (QED) is 0.468. The Morgan fingerprint density at radius 2 is 1.97 bits per heavy atom. The third kappa shape index (κ3) is 2.72. The molecule has 0 aliphatic carbocycles. The van der Waals surface area contributed by atoms with Crippen LogP contribution in [0.1, 0.15) is 5.69 Å². The molecule has 0 aliphatic heterocycles. The first-order valence-electron chi connectivity index (χ1n) is 8.78. The number of benzene rings is 1. The Bertz CT molecular complexity index is 1390. The third-order valence-corrected chi connectivity index (χ3v) is 4.85. The Labute approximate surface area is 164 Å². The van der Waals surface area contributed by atoms with Gasteiger partial charge in [-0.2, -0.15) is 4.98 Å². The van der Waals surface area contributed by atoms with Gasteiger partial charge in [-0.15, -0.1) is 0 Å². The molecule has 4 aromatic rings. The molecular formula is C19H19N5O5. The van der Waals surface area contributed by atoms with E-state index in [4.69, 9.17) is 4.74 Å². The van der Waals surface area contributed by atoms with Gasteiger partial charge < -0.3 is 9.47 Å². The second kappa shape index (κ2) is 6.66. The van der Waals surface area contributed by atoms with E-state index in [1.54, 1.807) is 17.7 Å². The van der Waals surface area contributed by atoms with Gasteiger partial charge in [-0.3, -0.25) is 23.1 Å². The van der Waals surface area contributed by atoms with E-state index in [0.717, 1.165) is 15.9 Å². The molecule has 3 aromatic heterocycles. The molecule has 10 heteroatoms. The number of rotatable bonds is 4. The topological polar surface area (TPSA) is 102 Å². The molecule has 0 amide bonds. The van der Waals surface area contributed by atoms with Crippen molar-refractivity contribution in [2.24, 2.45) is 7.05 Å². The first kappa shape index (κ1) is 18.5. The van der Waals surface area contributed by atoms with Crippen molar-refractivity contribution in [2.45, 2.75) is 13.5 Å². The van der Waals surface area contributed by atoms with Crippen LogP contribution in [0.25, 0.3) is 22.6 Å². The Kier molecular flexibility index (Phi) is 4.26. The van der Waals surface area contributed by atoms with Crippen LogP contribution in [0, 0.1) is 6.92 Å². The number of carbonyl (C=O) groups is 1. The number of aromatic nitrogens is 5. The smallest absolute Gasteiger partial charge is 0.333 e. The normalized spacial score (nSPS) is 11.3. The van der Waals surface area contributed by atoms with E-state index in [2.05, 4.69) is 9.72 Å². The van der Waals surface area contributed by atoms with Crippen molar-refractivity contribution >= 4 is 22.9 Å². The molecule has 0 saturated carbocycles. The summed E-state index contributed by atoms with van der Waals surface area (Å²) in [5, 5.41) is 0. The lowest BCUT2D eigenvalue weighted by atomic mass is 10.3. The number of fused-ring (bicyclic) bond motifs is 3. The minimum Gasteiger partial charge on any atom is -0.497 e. The zero-order chi connectivity index (χ0) is 20.9. The molecule has 10 nitrogen and oxygen atoms in total. The van der Waals surface area contributed by atoms with Gasteiger partial charge in [-0.05, 0) is 19.1 Å². The summed E-state index contributed by atoms with van der Waals surface area (Å²) in [6.07, 6.45) is 1.76. The van der Waals surface area contributed by atoms with E-state index < -0.39 is 23.8 Å². The summed E-state index contributed by atoms with van der Waals surface area (Å²) in [6, 6.07) is 7.42. The highest BCUT2D eigenvalue weighted by molar-refractivity contribution is 5.77. The summed E-state index contributed by atoms with van der Waals surface area (Å²) in [6.45, 7) is 1.41. The third-order valence-electron chi connectivity index (χ3n) is 4.85. The van der Waals surface area contributed by atoms with Crippen molar-refractivity contribution in [3.05, 3.63) is 57.0 Å². The monoisotopic (exact) mass is 397 g/mol. The fourth-order valence-electron chi connectivity index (χ4n) is 3.41. The zero-order valence-electron chi connectivity index (χ0n) is 16.4. The van der Waals surface area contributed by atoms with E-state index in [-0.39, 0.29) is 11.2 Å². The SMILES string of the molecule is COC(=O)Cn1c(=O)c2c(nc3n(-c4cccc(OC)c4)c(C)cn23)n(C)c1=O. The Morgan fingerprint density at radius 1 is 1.21 bits per heavy atom. The number of imidazole rings is 2. The van der Waals surface area contributed by atoms with E-state index in [1.807, 2.05) is 35.8 Å². The van der Waals surface area contributed by atoms with Gasteiger partial charge in [0, 0.05) is 25.0 Å². The van der Waals surface area contributed by atoms with Gasteiger partial charge in [0.25, 0.3) is 5.56 Å². The highest BCUT2D eigenvalue weighted by Crippen LogP contribution is 2.23. The lowest BCUT2D eigenvalue weighted by molar-refractivity contribution is -0.141. The Balaban J connectivity index is 2.07. The van der Waals surface area contributed by atoms with Gasteiger partial charge in [-0.1, -0.05) is 6.07 Å². The van der Waals surface area contributed by atoms with Gasteiger partial charge in [0.1, 0.15) is 12.3 Å². The van der Waals surface area contributed by atoms with Crippen LogP contribution in [0.2, 0.25) is 0 Å². The number of nitrogens with zero attached hydrogens (tertiary/aromatic N) is 5. The molecule has 29 heavy (non-hydrogen) atoms. The molecule has 0 bridgehead atoms. The molecule has 0 radical (unpaired) electrons. The summed E-state index contributed by atoms with van der Waals surface area (Å²) >= 11 is 0. The molecule has 150 valence electrons. The van der Waals surface area contributed by atoms with Crippen LogP contribution in [0.5, 0.6) is 5.75 Å². The predicted octanol–water partition coefficient (Wildman–Crippen LogP) is 0.629. The molecule has 1 aromatic carbocycles. The Morgan fingerprint density at radius 3 is 2.66 bits per heavy atom. The van der Waals surface area contributed by atoms with Crippen molar-refractivity contribution in [1.82, 2.24) is 23.1 Å². The second-order valence-corrected chi connectivity index (χ2v) is 6.57. The summed E-state index contributed by atoms with van der Waals surface area (Å²) < 4.78 is 15.5. The molecular weight excluding hydrogens is 378 g/mol. The molecule has 4 rings (SSSR count). The molecule has 0 saturated heterocycles. The molecule has 0 fully saturated rings. The average molecular weight is 397 g/mol. The number of methoxy groups -OCH3 is 2. The maximum atomic E-state index is 13.0. The van der Waals surface area contributed by atoms with Crippen molar-refractivity contribution in [2.75, 3.05) is 14.2 Å². The summed E-state index contributed by atoms with van der Waals surface area (Å²) in [5.41, 5.74) is 0.813. The van der Waals surface area contributed by atoms with Gasteiger partial charge in [0.2, 0.25) is 5.78 Å².